The monoisotopic (exact) mass is 821 g/mol. The summed E-state index contributed by atoms with van der Waals surface area (Å²) in [6.45, 7) is 19.8. The topological polar surface area (TPSA) is 50.9 Å². The Morgan fingerprint density at radius 1 is 0.460 bits per heavy atom. The second kappa shape index (κ2) is 16.0. The van der Waals surface area contributed by atoms with Gasteiger partial charge in [0, 0.05) is 22.9 Å². The Balaban J connectivity index is 1.31. The number of fused-ring (bicyclic) bond motifs is 1. The molecule has 0 atom stereocenters. The minimum absolute atomic E-state index is 0.0833. The van der Waals surface area contributed by atoms with E-state index in [1.54, 1.807) is 0 Å². The number of phenols is 1. The number of rotatable bonds is 7. The summed E-state index contributed by atoms with van der Waals surface area (Å²) in [4.78, 5) is 10.6. The van der Waals surface area contributed by atoms with E-state index in [-0.39, 0.29) is 16.6 Å². The third kappa shape index (κ3) is 7.98. The van der Waals surface area contributed by atoms with E-state index < -0.39 is 0 Å². The molecule has 0 fully saturated rings. The number of hydrogen-bond donors (Lipinski definition) is 1. The first-order valence-corrected chi connectivity index (χ1v) is 22.0. The average molecular weight is 822 g/mol. The molecule has 0 bridgehead atoms. The third-order valence-corrected chi connectivity index (χ3v) is 12.4. The molecular formula is C59H55N3O. The van der Waals surface area contributed by atoms with Crippen LogP contribution in [0.4, 0.5) is 0 Å². The van der Waals surface area contributed by atoms with Crippen LogP contribution in [0.15, 0.2) is 164 Å². The van der Waals surface area contributed by atoms with E-state index in [9.17, 15) is 5.11 Å². The zero-order chi connectivity index (χ0) is 44.2. The molecule has 0 saturated heterocycles. The molecule has 4 heteroatoms. The number of aromatic nitrogens is 3. The van der Waals surface area contributed by atoms with Gasteiger partial charge in [0.2, 0.25) is 0 Å². The Morgan fingerprint density at radius 3 is 1.78 bits per heavy atom. The fourth-order valence-corrected chi connectivity index (χ4v) is 8.84. The number of para-hydroxylation sites is 1. The number of phenolic OH excluding ortho intramolecular Hbond substituents is 1. The van der Waals surface area contributed by atoms with Gasteiger partial charge in [0.05, 0.1) is 28.0 Å². The molecule has 0 aliphatic rings. The summed E-state index contributed by atoms with van der Waals surface area (Å²) in [5.41, 5.74) is 19.8. The fraction of sp³-hybridized carbons (Fsp3) is 0.186. The maximum atomic E-state index is 11.9. The molecule has 2 aromatic heterocycles. The normalized spacial score (nSPS) is 12.0. The molecule has 0 radical (unpaired) electrons. The van der Waals surface area contributed by atoms with Gasteiger partial charge in [0.25, 0.3) is 0 Å². The lowest BCUT2D eigenvalue weighted by Crippen LogP contribution is -2.11. The van der Waals surface area contributed by atoms with E-state index in [1.165, 1.54) is 16.7 Å². The number of benzene rings is 7. The van der Waals surface area contributed by atoms with Crippen molar-refractivity contribution < 1.29 is 5.11 Å². The molecule has 0 aliphatic carbocycles. The van der Waals surface area contributed by atoms with E-state index in [1.807, 2.05) is 19.2 Å². The van der Waals surface area contributed by atoms with Gasteiger partial charge in [0.1, 0.15) is 11.6 Å². The van der Waals surface area contributed by atoms with Gasteiger partial charge in [-0.2, -0.15) is 0 Å². The largest absolute Gasteiger partial charge is 0.507 e. The van der Waals surface area contributed by atoms with E-state index in [2.05, 4.69) is 212 Å². The summed E-state index contributed by atoms with van der Waals surface area (Å²) in [7, 11) is 0. The molecule has 63 heavy (non-hydrogen) atoms. The first kappa shape index (κ1) is 41.3. The highest BCUT2D eigenvalue weighted by Crippen LogP contribution is 2.44. The van der Waals surface area contributed by atoms with Crippen LogP contribution >= 0.6 is 0 Å². The van der Waals surface area contributed by atoms with Crippen molar-refractivity contribution in [3.05, 3.63) is 192 Å². The summed E-state index contributed by atoms with van der Waals surface area (Å²) >= 11 is 0. The SMILES string of the molecule is Cc1cc(C)c(O)c(-c2nc3c(-c4cc(-c5cc(-c6ccc(C(C)(C)C)cc6)ccn5)cc(C(C)(C)C)c4)cccc3n2-c2cc(-c3ccccc3)c(C)cc2-c2ccccc2)c1. The van der Waals surface area contributed by atoms with Crippen LogP contribution in [0.3, 0.4) is 0 Å². The predicted molar refractivity (Wildman–Crippen MR) is 265 cm³/mol. The van der Waals surface area contributed by atoms with Gasteiger partial charge in [-0.3, -0.25) is 9.55 Å². The van der Waals surface area contributed by atoms with Crippen LogP contribution in [0.1, 0.15) is 69.4 Å². The average Bonchev–Trinajstić information content (AvgIpc) is 3.67. The van der Waals surface area contributed by atoms with Crippen molar-refractivity contribution in [2.75, 3.05) is 0 Å². The number of nitrogens with zero attached hydrogens (tertiary/aromatic N) is 3. The number of imidazole rings is 1. The van der Waals surface area contributed by atoms with Crippen LogP contribution in [0.5, 0.6) is 5.75 Å². The van der Waals surface area contributed by atoms with Crippen molar-refractivity contribution in [2.45, 2.75) is 73.1 Å². The van der Waals surface area contributed by atoms with Crippen molar-refractivity contribution in [1.82, 2.24) is 14.5 Å². The Morgan fingerprint density at radius 2 is 1.11 bits per heavy atom. The number of aromatic hydroxyl groups is 1. The highest BCUT2D eigenvalue weighted by Gasteiger charge is 2.25. The molecule has 0 amide bonds. The van der Waals surface area contributed by atoms with Gasteiger partial charge < -0.3 is 5.11 Å². The van der Waals surface area contributed by atoms with E-state index in [4.69, 9.17) is 9.97 Å². The lowest BCUT2D eigenvalue weighted by molar-refractivity contribution is 0.472. The Kier molecular flexibility index (Phi) is 10.5. The number of hydrogen-bond acceptors (Lipinski definition) is 3. The van der Waals surface area contributed by atoms with Crippen LogP contribution in [0, 0.1) is 20.8 Å². The van der Waals surface area contributed by atoms with Crippen LogP contribution in [-0.4, -0.2) is 19.6 Å². The van der Waals surface area contributed by atoms with Gasteiger partial charge in [-0.1, -0.05) is 151 Å². The van der Waals surface area contributed by atoms with Crippen molar-refractivity contribution in [3.8, 4) is 78.6 Å². The highest BCUT2D eigenvalue weighted by molar-refractivity contribution is 5.98. The standard InChI is InChI=1S/C59H55N3O/c1-37-29-39(3)56(63)51(30-37)57-61-55-48(21-16-22-53(55)62(57)54-36-49(41-17-12-10-13-18-41)38(2)31-50(54)42-19-14-11-15-20-42)44-32-45(34-47(33-44)59(7,8)9)52-35-43(27-28-60-52)40-23-25-46(26-24-40)58(4,5)6/h10-36,63H,1-9H3. The van der Waals surface area contributed by atoms with Crippen molar-refractivity contribution in [3.63, 3.8) is 0 Å². The van der Waals surface area contributed by atoms with Crippen molar-refractivity contribution >= 4 is 11.0 Å². The Bertz CT molecular complexity index is 3140. The van der Waals surface area contributed by atoms with Crippen molar-refractivity contribution in [2.24, 2.45) is 0 Å². The first-order chi connectivity index (χ1) is 30.1. The van der Waals surface area contributed by atoms with Crippen LogP contribution in [-0.2, 0) is 10.8 Å². The summed E-state index contributed by atoms with van der Waals surface area (Å²) in [6.07, 6.45) is 1.92. The molecule has 2 heterocycles. The van der Waals surface area contributed by atoms with Gasteiger partial charge in [-0.25, -0.2) is 4.98 Å². The molecule has 0 saturated carbocycles. The lowest BCUT2D eigenvalue weighted by atomic mass is 9.83. The van der Waals surface area contributed by atoms with Crippen LogP contribution in [0.2, 0.25) is 0 Å². The molecular weight excluding hydrogens is 767 g/mol. The highest BCUT2D eigenvalue weighted by atomic mass is 16.3. The first-order valence-electron chi connectivity index (χ1n) is 22.0. The Hall–Kier alpha value is -7.04. The fourth-order valence-electron chi connectivity index (χ4n) is 8.84. The van der Waals surface area contributed by atoms with E-state index in [0.29, 0.717) is 11.4 Å². The summed E-state index contributed by atoms with van der Waals surface area (Å²) in [5, 5.41) is 11.9. The zero-order valence-corrected chi connectivity index (χ0v) is 37.9. The quantitative estimate of drug-likeness (QED) is 0.174. The molecule has 9 aromatic rings. The van der Waals surface area contributed by atoms with Gasteiger partial charge in [-0.05, 0) is 141 Å². The molecule has 7 aromatic carbocycles. The third-order valence-electron chi connectivity index (χ3n) is 12.4. The second-order valence-electron chi connectivity index (χ2n) is 19.1. The van der Waals surface area contributed by atoms with Crippen molar-refractivity contribution in [1.29, 1.82) is 0 Å². The van der Waals surface area contributed by atoms with E-state index >= 15 is 0 Å². The molecule has 0 spiro atoms. The zero-order valence-electron chi connectivity index (χ0n) is 37.9. The van der Waals surface area contributed by atoms with Crippen LogP contribution < -0.4 is 0 Å². The number of pyridine rings is 1. The number of aryl methyl sites for hydroxylation is 3. The maximum absolute atomic E-state index is 11.9. The minimum Gasteiger partial charge on any atom is -0.507 e. The molecule has 312 valence electrons. The molecule has 4 nitrogen and oxygen atoms in total. The van der Waals surface area contributed by atoms with Gasteiger partial charge in [-0.15, -0.1) is 0 Å². The molecule has 0 unspecified atom stereocenters. The maximum Gasteiger partial charge on any atom is 0.149 e. The predicted octanol–water partition coefficient (Wildman–Crippen LogP) is 15.6. The second-order valence-corrected chi connectivity index (χ2v) is 19.1. The van der Waals surface area contributed by atoms with E-state index in [0.717, 1.165) is 83.6 Å². The Labute approximate surface area is 372 Å². The summed E-state index contributed by atoms with van der Waals surface area (Å²) in [5.74, 6) is 0.909. The lowest BCUT2D eigenvalue weighted by Gasteiger charge is -2.22. The molecule has 0 aliphatic heterocycles. The molecule has 1 N–H and O–H groups in total. The summed E-state index contributed by atoms with van der Waals surface area (Å²) < 4.78 is 2.27. The van der Waals surface area contributed by atoms with Gasteiger partial charge in [0.15, 0.2) is 0 Å². The molecule has 9 rings (SSSR count). The van der Waals surface area contributed by atoms with Gasteiger partial charge >= 0.3 is 0 Å². The smallest absolute Gasteiger partial charge is 0.149 e. The minimum atomic E-state index is -0.144. The summed E-state index contributed by atoms with van der Waals surface area (Å²) in [6, 6.07) is 56.4. The van der Waals surface area contributed by atoms with Crippen LogP contribution in [0.25, 0.3) is 83.9 Å².